The molecule has 1 aromatic carbocycles. The molecule has 1 amide bonds. The number of hydrogen-bond acceptors (Lipinski definition) is 5. The summed E-state index contributed by atoms with van der Waals surface area (Å²) in [5, 5.41) is 9.29. The number of hydrogen-bond donors (Lipinski definition) is 1. The third-order valence-electron chi connectivity index (χ3n) is 6.98. The van der Waals surface area contributed by atoms with E-state index in [2.05, 4.69) is 11.1 Å². The Labute approximate surface area is 190 Å². The third-order valence-corrected chi connectivity index (χ3v) is 6.98. The molecule has 0 bridgehead atoms. The number of halogens is 2. The number of pyridine rings is 1. The van der Waals surface area contributed by atoms with E-state index >= 15 is 0 Å². The fourth-order valence-electron chi connectivity index (χ4n) is 5.18. The molecule has 2 N–H and O–H groups in total. The van der Waals surface area contributed by atoms with Gasteiger partial charge in [0.15, 0.2) is 5.41 Å². The first-order valence-electron chi connectivity index (χ1n) is 10.6. The van der Waals surface area contributed by atoms with E-state index in [-0.39, 0.29) is 0 Å². The zero-order valence-corrected chi connectivity index (χ0v) is 18.2. The van der Waals surface area contributed by atoms with Crippen molar-refractivity contribution in [2.45, 2.75) is 32.3 Å². The number of nitriles is 1. The van der Waals surface area contributed by atoms with Gasteiger partial charge in [0.1, 0.15) is 6.10 Å². The highest BCUT2D eigenvalue weighted by Crippen LogP contribution is 2.59. The van der Waals surface area contributed by atoms with Crippen molar-refractivity contribution < 1.29 is 23.1 Å². The predicted molar refractivity (Wildman–Crippen MR) is 116 cm³/mol. The van der Waals surface area contributed by atoms with Crippen molar-refractivity contribution in [2.24, 2.45) is 28.9 Å². The molecule has 1 aromatic heterocycles. The lowest BCUT2D eigenvalue weighted by Crippen LogP contribution is -2.58. The van der Waals surface area contributed by atoms with Crippen molar-refractivity contribution in [3.8, 4) is 17.2 Å². The second-order valence-electron chi connectivity index (χ2n) is 8.76. The lowest BCUT2D eigenvalue weighted by molar-refractivity contribution is -0.177. The van der Waals surface area contributed by atoms with Gasteiger partial charge in [-0.25, -0.2) is 8.78 Å². The summed E-state index contributed by atoms with van der Waals surface area (Å²) in [6.45, 7) is 3.01. The Morgan fingerprint density at radius 2 is 2.00 bits per heavy atom. The van der Waals surface area contributed by atoms with Gasteiger partial charge in [0.05, 0.1) is 17.3 Å². The smallest absolute Gasteiger partial charge is 0.322 e. The second-order valence-corrected chi connectivity index (χ2v) is 8.76. The molecule has 2 heterocycles. The summed E-state index contributed by atoms with van der Waals surface area (Å²) >= 11 is 0. The highest BCUT2D eigenvalue weighted by Gasteiger charge is 2.70. The van der Waals surface area contributed by atoms with Gasteiger partial charge in [-0.15, -0.1) is 0 Å². The summed E-state index contributed by atoms with van der Waals surface area (Å²) in [4.78, 5) is 29.2. The van der Waals surface area contributed by atoms with Crippen molar-refractivity contribution in [3.05, 3.63) is 59.9 Å². The maximum absolute atomic E-state index is 14.9. The Bertz CT molecular complexity index is 1170. The number of aromatic nitrogens is 1. The van der Waals surface area contributed by atoms with Crippen LogP contribution in [0.2, 0.25) is 0 Å². The van der Waals surface area contributed by atoms with E-state index in [1.807, 2.05) is 12.1 Å². The molecule has 0 spiro atoms. The van der Waals surface area contributed by atoms with Gasteiger partial charge in [-0.2, -0.15) is 5.26 Å². The molecule has 2 aromatic rings. The van der Waals surface area contributed by atoms with E-state index in [9.17, 15) is 23.6 Å². The summed E-state index contributed by atoms with van der Waals surface area (Å²) in [7, 11) is 0. The Balaban J connectivity index is 1.67. The van der Waals surface area contributed by atoms with Crippen LogP contribution in [0.5, 0.6) is 0 Å². The van der Waals surface area contributed by atoms with Crippen LogP contribution >= 0.6 is 0 Å². The Morgan fingerprint density at radius 1 is 1.27 bits per heavy atom. The largest absolute Gasteiger partial charge is 0.461 e. The number of nitrogens with two attached hydrogens (primary N) is 1. The number of esters is 1. The number of allylic oxidation sites excluding steroid dienone is 1. The van der Waals surface area contributed by atoms with Crippen LogP contribution in [0.4, 0.5) is 8.78 Å². The topological polar surface area (TPSA) is 106 Å². The Hall–Kier alpha value is -3.60. The molecule has 6 nitrogen and oxygen atoms in total. The number of carbonyl (C=O) groups is 2. The molecule has 1 saturated carbocycles. The number of carbonyl (C=O) groups excluding carboxylic acids is 2. The summed E-state index contributed by atoms with van der Waals surface area (Å²) in [5.41, 5.74) is 5.96. The maximum atomic E-state index is 14.9. The van der Waals surface area contributed by atoms with Gasteiger partial charge in [0.25, 0.3) is 5.92 Å². The number of alkyl halides is 2. The fourth-order valence-corrected chi connectivity index (χ4v) is 5.18. The van der Waals surface area contributed by atoms with Gasteiger partial charge in [0, 0.05) is 35.6 Å². The van der Waals surface area contributed by atoms with Crippen LogP contribution in [0.15, 0.2) is 48.7 Å². The predicted octanol–water partition coefficient (Wildman–Crippen LogP) is 3.96. The molecule has 1 saturated heterocycles. The standard InChI is InChI=1S/C25H23F2N3O3/c1-14-19(21-15(2)33-23(32)24(21,22(29)31)13-25(14,26)27)10-9-18-8-7-17(12-30-18)20-6-4-3-5-16(20)11-28/h3-10,12,14-15,19,21H,13H2,1-2H3,(H2,29,31)/t14-,15+,19-,21-,24+/m0/s1. The molecular weight excluding hydrogens is 428 g/mol. The van der Waals surface area contributed by atoms with E-state index in [4.69, 9.17) is 10.5 Å². The van der Waals surface area contributed by atoms with Gasteiger partial charge in [-0.05, 0) is 31.1 Å². The Kier molecular flexibility index (Phi) is 5.52. The van der Waals surface area contributed by atoms with Crippen molar-refractivity contribution in [1.29, 1.82) is 5.26 Å². The van der Waals surface area contributed by atoms with Crippen LogP contribution in [0.25, 0.3) is 17.2 Å². The second kappa shape index (κ2) is 8.07. The average molecular weight is 451 g/mol. The first-order chi connectivity index (χ1) is 15.6. The lowest BCUT2D eigenvalue weighted by atomic mass is 9.56. The molecule has 8 heteroatoms. The van der Waals surface area contributed by atoms with Crippen molar-refractivity contribution in [3.63, 3.8) is 0 Å². The minimum Gasteiger partial charge on any atom is -0.461 e. The number of fused-ring (bicyclic) bond motifs is 1. The van der Waals surface area contributed by atoms with Crippen LogP contribution in [0.1, 0.15) is 31.5 Å². The van der Waals surface area contributed by atoms with Crippen LogP contribution in [-0.4, -0.2) is 28.9 Å². The van der Waals surface area contributed by atoms with E-state index in [1.54, 1.807) is 49.5 Å². The molecule has 33 heavy (non-hydrogen) atoms. The summed E-state index contributed by atoms with van der Waals surface area (Å²) in [5.74, 6) is -8.09. The molecular formula is C25H23F2N3O3. The fraction of sp³-hybridized carbons (Fsp3) is 0.360. The van der Waals surface area contributed by atoms with Crippen LogP contribution in [0.3, 0.4) is 0 Å². The molecule has 1 aliphatic carbocycles. The first kappa shape index (κ1) is 22.6. The molecule has 0 unspecified atom stereocenters. The van der Waals surface area contributed by atoms with Crippen molar-refractivity contribution in [1.82, 2.24) is 4.98 Å². The lowest BCUT2D eigenvalue weighted by Gasteiger charge is -2.46. The minimum absolute atomic E-state index is 0.511. The summed E-state index contributed by atoms with van der Waals surface area (Å²) in [6.07, 6.45) is 3.11. The number of primary amides is 1. The van der Waals surface area contributed by atoms with E-state index in [0.29, 0.717) is 11.3 Å². The van der Waals surface area contributed by atoms with Crippen LogP contribution < -0.4 is 5.73 Å². The highest BCUT2D eigenvalue weighted by molar-refractivity contribution is 6.04. The molecule has 4 rings (SSSR count). The zero-order valence-electron chi connectivity index (χ0n) is 18.2. The van der Waals surface area contributed by atoms with Gasteiger partial charge in [0.2, 0.25) is 5.91 Å². The van der Waals surface area contributed by atoms with Crippen LogP contribution in [-0.2, 0) is 14.3 Å². The van der Waals surface area contributed by atoms with Crippen LogP contribution in [0, 0.1) is 34.5 Å². The number of nitrogens with zero attached hydrogens (tertiary/aromatic N) is 2. The third kappa shape index (κ3) is 3.58. The molecule has 1 aliphatic heterocycles. The molecule has 0 radical (unpaired) electrons. The van der Waals surface area contributed by atoms with Gasteiger partial charge < -0.3 is 10.5 Å². The monoisotopic (exact) mass is 451 g/mol. The molecule has 2 aliphatic rings. The average Bonchev–Trinajstić information content (AvgIpc) is 3.04. The number of ether oxygens (including phenoxy) is 1. The quantitative estimate of drug-likeness (QED) is 0.560. The normalized spacial score (nSPS) is 30.5. The van der Waals surface area contributed by atoms with Gasteiger partial charge in [-0.1, -0.05) is 37.3 Å². The first-order valence-corrected chi connectivity index (χ1v) is 10.6. The number of rotatable bonds is 4. The van der Waals surface area contributed by atoms with E-state index in [0.717, 1.165) is 11.1 Å². The summed E-state index contributed by atoms with van der Waals surface area (Å²) in [6, 6.07) is 12.8. The molecule has 170 valence electrons. The SMILES string of the molecule is C[C@H]1OC(=O)[C@]2(C(N)=O)CC(F)(F)[C@@H](C)[C@H](C=Cc3ccc(-c4ccccc4C#N)cn3)[C@H]12. The molecule has 5 atom stereocenters. The number of cyclic esters (lactones) is 1. The zero-order chi connectivity index (χ0) is 24.0. The van der Waals surface area contributed by atoms with Gasteiger partial charge in [-0.3, -0.25) is 14.6 Å². The van der Waals surface area contributed by atoms with Crippen molar-refractivity contribution >= 4 is 18.0 Å². The van der Waals surface area contributed by atoms with Gasteiger partial charge >= 0.3 is 5.97 Å². The minimum atomic E-state index is -3.28. The highest BCUT2D eigenvalue weighted by atomic mass is 19.3. The summed E-state index contributed by atoms with van der Waals surface area (Å²) < 4.78 is 35.1. The maximum Gasteiger partial charge on any atom is 0.322 e. The number of benzene rings is 1. The van der Waals surface area contributed by atoms with Crippen molar-refractivity contribution in [2.75, 3.05) is 0 Å². The Morgan fingerprint density at radius 3 is 2.64 bits per heavy atom. The molecule has 2 fully saturated rings. The number of amides is 1. The van der Waals surface area contributed by atoms with E-state index in [1.165, 1.54) is 6.92 Å². The van der Waals surface area contributed by atoms with E-state index < -0.39 is 53.5 Å².